The molecule has 4 nitrogen and oxygen atoms in total. The van der Waals surface area contributed by atoms with Gasteiger partial charge in [-0.1, -0.05) is 56.0 Å². The summed E-state index contributed by atoms with van der Waals surface area (Å²) in [5, 5.41) is 0. The summed E-state index contributed by atoms with van der Waals surface area (Å²) < 4.78 is 5.27. The molecule has 1 aromatic carbocycles. The number of carbonyl (C=O) groups excluding carboxylic acids is 1. The molecule has 0 spiro atoms. The van der Waals surface area contributed by atoms with Gasteiger partial charge in [-0.05, 0) is 25.6 Å². The van der Waals surface area contributed by atoms with Crippen molar-refractivity contribution in [1.82, 2.24) is 4.90 Å². The summed E-state index contributed by atoms with van der Waals surface area (Å²) in [6, 6.07) is 9.55. The third-order valence-electron chi connectivity index (χ3n) is 3.46. The first-order chi connectivity index (χ1) is 10.5. The van der Waals surface area contributed by atoms with Crippen molar-refractivity contribution in [2.75, 3.05) is 19.6 Å². The Bertz CT molecular complexity index is 511. The van der Waals surface area contributed by atoms with Crippen LogP contribution in [0.25, 0.3) is 0 Å². The van der Waals surface area contributed by atoms with Gasteiger partial charge in [-0.15, -0.1) is 0 Å². The molecule has 1 rings (SSSR count). The normalized spacial score (nSPS) is 13.1. The zero-order chi connectivity index (χ0) is 16.4. The fourth-order valence-corrected chi connectivity index (χ4v) is 1.82. The molecule has 0 saturated heterocycles. The van der Waals surface area contributed by atoms with Crippen molar-refractivity contribution in [2.45, 2.75) is 39.3 Å². The maximum Gasteiger partial charge on any atom is 0.327 e. The molecule has 1 atom stereocenters. The molecule has 120 valence electrons. The van der Waals surface area contributed by atoms with Crippen molar-refractivity contribution in [2.24, 2.45) is 5.73 Å². The highest BCUT2D eigenvalue weighted by atomic mass is 16.5. The van der Waals surface area contributed by atoms with Crippen LogP contribution >= 0.6 is 0 Å². The van der Waals surface area contributed by atoms with Crippen LogP contribution in [0.5, 0.6) is 0 Å². The second-order valence-corrected chi connectivity index (χ2v) is 5.47. The molecule has 0 heterocycles. The number of nitrogens with zero attached hydrogens (tertiary/aromatic N) is 1. The van der Waals surface area contributed by atoms with Gasteiger partial charge >= 0.3 is 5.97 Å². The maximum atomic E-state index is 12.1. The van der Waals surface area contributed by atoms with E-state index in [2.05, 4.69) is 30.6 Å². The van der Waals surface area contributed by atoms with Crippen LogP contribution in [0.3, 0.4) is 0 Å². The van der Waals surface area contributed by atoms with Gasteiger partial charge in [0.2, 0.25) is 0 Å². The van der Waals surface area contributed by atoms with E-state index in [1.165, 1.54) is 0 Å². The highest BCUT2D eigenvalue weighted by Gasteiger charge is 2.29. The van der Waals surface area contributed by atoms with Crippen molar-refractivity contribution in [1.29, 1.82) is 0 Å². The summed E-state index contributed by atoms with van der Waals surface area (Å²) in [7, 11) is 0. The molecule has 0 aliphatic heterocycles. The Kier molecular flexibility index (Phi) is 7.65. The predicted molar refractivity (Wildman–Crippen MR) is 89.0 cm³/mol. The number of hydrogen-bond acceptors (Lipinski definition) is 4. The Morgan fingerprint density at radius 2 is 1.86 bits per heavy atom. The van der Waals surface area contributed by atoms with E-state index in [0.717, 1.165) is 18.7 Å². The van der Waals surface area contributed by atoms with Crippen LogP contribution < -0.4 is 5.73 Å². The molecule has 0 amide bonds. The predicted octanol–water partition coefficient (Wildman–Crippen LogP) is 2.18. The van der Waals surface area contributed by atoms with Crippen LogP contribution in [-0.4, -0.2) is 36.0 Å². The molecule has 0 saturated carbocycles. The largest absolute Gasteiger partial charge is 0.459 e. The fourth-order valence-electron chi connectivity index (χ4n) is 1.82. The van der Waals surface area contributed by atoms with Crippen molar-refractivity contribution in [3.63, 3.8) is 0 Å². The number of ether oxygens (including phenoxy) is 1. The molecule has 4 heteroatoms. The lowest BCUT2D eigenvalue weighted by molar-refractivity contribution is -0.150. The third-order valence-corrected chi connectivity index (χ3v) is 3.46. The van der Waals surface area contributed by atoms with Crippen LogP contribution in [0, 0.1) is 11.8 Å². The lowest BCUT2D eigenvalue weighted by Crippen LogP contribution is -2.45. The number of nitrogens with two attached hydrogens (primary N) is 1. The molecule has 22 heavy (non-hydrogen) atoms. The summed E-state index contributed by atoms with van der Waals surface area (Å²) >= 11 is 0. The van der Waals surface area contributed by atoms with Gasteiger partial charge in [0.15, 0.2) is 0 Å². The van der Waals surface area contributed by atoms with Gasteiger partial charge in [0, 0.05) is 6.42 Å². The molecule has 1 aromatic rings. The van der Waals surface area contributed by atoms with Gasteiger partial charge in [-0.3, -0.25) is 9.69 Å². The van der Waals surface area contributed by atoms with Crippen LogP contribution in [0.15, 0.2) is 30.3 Å². The van der Waals surface area contributed by atoms with Crippen molar-refractivity contribution in [3.8, 4) is 11.8 Å². The quantitative estimate of drug-likeness (QED) is 0.619. The molecule has 0 aliphatic rings. The fraction of sp³-hybridized carbons (Fsp3) is 0.500. The zero-order valence-corrected chi connectivity index (χ0v) is 13.8. The molecule has 0 fully saturated rings. The van der Waals surface area contributed by atoms with Crippen LogP contribution in [-0.2, 0) is 16.1 Å². The van der Waals surface area contributed by atoms with Gasteiger partial charge in [0.25, 0.3) is 0 Å². The standard InChI is InChI=1S/C18H26N2O2/c1-4-20(5-2)14-10-9-13-18(3,19)17(21)22-15-16-11-7-6-8-12-16/h6-8,11-12H,4-5,13-15,19H2,1-3H3/t18-/m0/s1. The monoisotopic (exact) mass is 302 g/mol. The molecule has 2 N–H and O–H groups in total. The van der Waals surface area contributed by atoms with Gasteiger partial charge < -0.3 is 10.5 Å². The SMILES string of the molecule is CCN(CC)CC#CC[C@](C)(N)C(=O)OCc1ccccc1. The minimum atomic E-state index is -1.08. The molecular weight excluding hydrogens is 276 g/mol. The van der Waals surface area contributed by atoms with Crippen LogP contribution in [0.4, 0.5) is 0 Å². The second-order valence-electron chi connectivity index (χ2n) is 5.47. The summed E-state index contributed by atoms with van der Waals surface area (Å²) in [5.74, 6) is 5.62. The first kappa shape index (κ1) is 18.2. The Labute approximate surface area is 133 Å². The van der Waals surface area contributed by atoms with Crippen LogP contribution in [0.1, 0.15) is 32.8 Å². The number of benzene rings is 1. The minimum Gasteiger partial charge on any atom is -0.459 e. The van der Waals surface area contributed by atoms with E-state index < -0.39 is 11.5 Å². The lowest BCUT2D eigenvalue weighted by Gasteiger charge is -2.20. The Morgan fingerprint density at radius 1 is 1.23 bits per heavy atom. The highest BCUT2D eigenvalue weighted by molar-refractivity contribution is 5.80. The van der Waals surface area contributed by atoms with E-state index in [4.69, 9.17) is 10.5 Å². The molecule has 0 bridgehead atoms. The Morgan fingerprint density at radius 3 is 2.45 bits per heavy atom. The zero-order valence-electron chi connectivity index (χ0n) is 13.8. The molecule has 0 aromatic heterocycles. The van der Waals surface area contributed by atoms with Gasteiger partial charge in [-0.25, -0.2) is 0 Å². The van der Waals surface area contributed by atoms with Gasteiger partial charge in [0.05, 0.1) is 6.54 Å². The third kappa shape index (κ3) is 6.30. The molecule has 0 aliphatic carbocycles. The minimum absolute atomic E-state index is 0.235. The summed E-state index contributed by atoms with van der Waals surface area (Å²) in [4.78, 5) is 14.3. The maximum absolute atomic E-state index is 12.1. The number of carbonyl (C=O) groups is 1. The van der Waals surface area contributed by atoms with E-state index >= 15 is 0 Å². The van der Waals surface area contributed by atoms with E-state index in [9.17, 15) is 4.79 Å². The van der Waals surface area contributed by atoms with Crippen molar-refractivity contribution >= 4 is 5.97 Å². The summed E-state index contributed by atoms with van der Waals surface area (Å²) in [6.45, 7) is 8.71. The molecule has 0 radical (unpaired) electrons. The smallest absolute Gasteiger partial charge is 0.327 e. The van der Waals surface area contributed by atoms with Crippen molar-refractivity contribution in [3.05, 3.63) is 35.9 Å². The van der Waals surface area contributed by atoms with E-state index in [0.29, 0.717) is 13.0 Å². The molecule has 0 unspecified atom stereocenters. The van der Waals surface area contributed by atoms with E-state index in [1.54, 1.807) is 6.92 Å². The topological polar surface area (TPSA) is 55.6 Å². The average Bonchev–Trinajstić information content (AvgIpc) is 2.53. The highest BCUT2D eigenvalue weighted by Crippen LogP contribution is 2.10. The average molecular weight is 302 g/mol. The summed E-state index contributed by atoms with van der Waals surface area (Å²) in [6.07, 6.45) is 0.294. The van der Waals surface area contributed by atoms with Gasteiger partial charge in [-0.2, -0.15) is 0 Å². The molecular formula is C18H26N2O2. The Hall–Kier alpha value is -1.83. The first-order valence-corrected chi connectivity index (χ1v) is 7.67. The number of rotatable bonds is 7. The van der Waals surface area contributed by atoms with Crippen LogP contribution in [0.2, 0.25) is 0 Å². The second kappa shape index (κ2) is 9.24. The summed E-state index contributed by atoms with van der Waals surface area (Å²) in [5.41, 5.74) is 5.88. The van der Waals surface area contributed by atoms with Gasteiger partial charge in [0.1, 0.15) is 12.1 Å². The lowest BCUT2D eigenvalue weighted by atomic mass is 10.00. The number of hydrogen-bond donors (Lipinski definition) is 1. The Balaban J connectivity index is 2.44. The van der Waals surface area contributed by atoms with E-state index in [1.807, 2.05) is 30.3 Å². The number of esters is 1. The van der Waals surface area contributed by atoms with Crippen molar-refractivity contribution < 1.29 is 9.53 Å². The first-order valence-electron chi connectivity index (χ1n) is 7.67. The van der Waals surface area contributed by atoms with E-state index in [-0.39, 0.29) is 6.61 Å².